The molecule has 0 atom stereocenters. The second-order valence-electron chi connectivity index (χ2n) is 2.40. The van der Waals surface area contributed by atoms with Gasteiger partial charge in [-0.1, -0.05) is 11.8 Å². The van der Waals surface area contributed by atoms with Crippen LogP contribution < -0.4 is 0 Å². The van der Waals surface area contributed by atoms with Crippen LogP contribution in [0.15, 0.2) is 18.3 Å². The lowest BCUT2D eigenvalue weighted by Crippen LogP contribution is -1.91. The highest BCUT2D eigenvalue weighted by Gasteiger charge is 2.04. The number of pyridine rings is 1. The Balaban J connectivity index is 2.75. The molecule has 1 aromatic heterocycles. The smallest absolute Gasteiger partial charge is 0.358 e. The summed E-state index contributed by atoms with van der Waals surface area (Å²) >= 11 is 5.43. The van der Waals surface area contributed by atoms with E-state index in [-0.39, 0.29) is 5.82 Å². The van der Waals surface area contributed by atoms with Crippen LogP contribution in [0.2, 0.25) is 0 Å². The Kier molecular flexibility index (Phi) is 3.89. The molecule has 0 aliphatic carbocycles. The normalized spacial score (nSPS) is 8.93. The van der Waals surface area contributed by atoms with Crippen molar-refractivity contribution in [3.05, 3.63) is 34.0 Å². The maximum atomic E-state index is 10.3. The zero-order chi connectivity index (χ0) is 10.4. The van der Waals surface area contributed by atoms with E-state index in [4.69, 9.17) is 11.6 Å². The van der Waals surface area contributed by atoms with Gasteiger partial charge < -0.3 is 10.1 Å². The van der Waals surface area contributed by atoms with Gasteiger partial charge >= 0.3 is 5.82 Å². The molecule has 0 unspecified atom stereocenters. The summed E-state index contributed by atoms with van der Waals surface area (Å²) in [7, 11) is 0. The van der Waals surface area contributed by atoms with E-state index in [0.29, 0.717) is 17.9 Å². The van der Waals surface area contributed by atoms with Crippen molar-refractivity contribution in [3.8, 4) is 11.8 Å². The maximum absolute atomic E-state index is 10.3. The van der Waals surface area contributed by atoms with Gasteiger partial charge in [-0.2, -0.15) is 0 Å². The Morgan fingerprint density at radius 2 is 2.36 bits per heavy atom. The predicted molar refractivity (Wildman–Crippen MR) is 53.1 cm³/mol. The summed E-state index contributed by atoms with van der Waals surface area (Å²) in [6.45, 7) is 0. The van der Waals surface area contributed by atoms with Gasteiger partial charge in [-0.25, -0.2) is 0 Å². The monoisotopic (exact) mass is 210 g/mol. The SMILES string of the molecule is O=[N+]([O-])c1ccc(C#CCCCl)cn1. The molecule has 0 saturated carbocycles. The molecule has 1 heterocycles. The first-order chi connectivity index (χ1) is 6.74. The first-order valence-corrected chi connectivity index (χ1v) is 4.43. The molecule has 1 rings (SSSR count). The van der Waals surface area contributed by atoms with Crippen molar-refractivity contribution in [2.75, 3.05) is 5.88 Å². The van der Waals surface area contributed by atoms with Gasteiger partial charge in [0.1, 0.15) is 0 Å². The topological polar surface area (TPSA) is 56.0 Å². The molecular weight excluding hydrogens is 204 g/mol. The molecule has 0 spiro atoms. The highest BCUT2D eigenvalue weighted by atomic mass is 35.5. The van der Waals surface area contributed by atoms with Gasteiger partial charge in [0.2, 0.25) is 0 Å². The molecule has 0 aromatic carbocycles. The second-order valence-corrected chi connectivity index (χ2v) is 2.78. The molecule has 0 N–H and O–H groups in total. The Hall–Kier alpha value is -1.60. The lowest BCUT2D eigenvalue weighted by Gasteiger charge is -1.89. The predicted octanol–water partition coefficient (Wildman–Crippen LogP) is 1.97. The number of aromatic nitrogens is 1. The molecule has 72 valence electrons. The first kappa shape index (κ1) is 10.5. The number of nitrogens with zero attached hydrogens (tertiary/aromatic N) is 2. The Bertz CT molecular complexity index is 378. The van der Waals surface area contributed by atoms with Crippen molar-refractivity contribution < 1.29 is 4.92 Å². The summed E-state index contributed by atoms with van der Waals surface area (Å²) in [5, 5.41) is 10.3. The molecule has 5 heteroatoms. The van der Waals surface area contributed by atoms with Crippen molar-refractivity contribution in [2.24, 2.45) is 0 Å². The van der Waals surface area contributed by atoms with Crippen LogP contribution in [0, 0.1) is 22.0 Å². The minimum atomic E-state index is -0.546. The fraction of sp³-hybridized carbons (Fsp3) is 0.222. The van der Waals surface area contributed by atoms with Crippen LogP contribution in [0.1, 0.15) is 12.0 Å². The van der Waals surface area contributed by atoms with E-state index in [2.05, 4.69) is 16.8 Å². The van der Waals surface area contributed by atoms with Crippen LogP contribution in [0.25, 0.3) is 0 Å². The van der Waals surface area contributed by atoms with Gasteiger partial charge in [-0.15, -0.1) is 11.6 Å². The van der Waals surface area contributed by atoms with E-state index in [9.17, 15) is 10.1 Å². The molecule has 0 radical (unpaired) electrons. The van der Waals surface area contributed by atoms with E-state index >= 15 is 0 Å². The van der Waals surface area contributed by atoms with Crippen LogP contribution in [0.5, 0.6) is 0 Å². The van der Waals surface area contributed by atoms with Crippen molar-refractivity contribution >= 4 is 17.4 Å². The zero-order valence-corrected chi connectivity index (χ0v) is 7.99. The van der Waals surface area contributed by atoms with Crippen LogP contribution in [0.3, 0.4) is 0 Å². The lowest BCUT2D eigenvalue weighted by atomic mass is 10.3. The number of rotatable bonds is 2. The van der Waals surface area contributed by atoms with E-state index in [1.54, 1.807) is 6.07 Å². The average molecular weight is 211 g/mol. The van der Waals surface area contributed by atoms with Gasteiger partial charge in [0.25, 0.3) is 0 Å². The summed E-state index contributed by atoms with van der Waals surface area (Å²) in [5.41, 5.74) is 0.653. The van der Waals surface area contributed by atoms with E-state index in [0.717, 1.165) is 0 Å². The summed E-state index contributed by atoms with van der Waals surface area (Å²) in [6.07, 6.45) is 1.97. The molecule has 0 aliphatic heterocycles. The quantitative estimate of drug-likeness (QED) is 0.325. The fourth-order valence-corrected chi connectivity index (χ4v) is 0.874. The van der Waals surface area contributed by atoms with Crippen molar-refractivity contribution in [2.45, 2.75) is 6.42 Å². The van der Waals surface area contributed by atoms with Crippen molar-refractivity contribution in [1.29, 1.82) is 0 Å². The van der Waals surface area contributed by atoms with Gasteiger partial charge in [0.05, 0.1) is 5.56 Å². The number of hydrogen-bond acceptors (Lipinski definition) is 3. The number of hydrogen-bond donors (Lipinski definition) is 0. The van der Waals surface area contributed by atoms with Gasteiger partial charge in [0.15, 0.2) is 6.20 Å². The third-order valence-electron chi connectivity index (χ3n) is 1.39. The van der Waals surface area contributed by atoms with Crippen LogP contribution in [-0.4, -0.2) is 15.8 Å². The minimum absolute atomic E-state index is 0.173. The second kappa shape index (κ2) is 5.20. The fourth-order valence-electron chi connectivity index (χ4n) is 0.780. The van der Waals surface area contributed by atoms with E-state index < -0.39 is 4.92 Å². The van der Waals surface area contributed by atoms with E-state index in [1.807, 2.05) is 0 Å². The third-order valence-corrected chi connectivity index (χ3v) is 1.58. The Labute approximate surface area is 86.1 Å². The average Bonchev–Trinajstić information content (AvgIpc) is 2.19. The highest BCUT2D eigenvalue weighted by Crippen LogP contribution is 2.06. The molecule has 0 amide bonds. The number of alkyl halides is 1. The van der Waals surface area contributed by atoms with Crippen molar-refractivity contribution in [1.82, 2.24) is 4.98 Å². The Morgan fingerprint density at radius 1 is 1.57 bits per heavy atom. The van der Waals surface area contributed by atoms with Crippen LogP contribution in [-0.2, 0) is 0 Å². The molecule has 0 bridgehead atoms. The number of nitro groups is 1. The highest BCUT2D eigenvalue weighted by molar-refractivity contribution is 6.18. The Morgan fingerprint density at radius 3 is 2.86 bits per heavy atom. The minimum Gasteiger partial charge on any atom is -0.358 e. The molecule has 14 heavy (non-hydrogen) atoms. The van der Waals surface area contributed by atoms with Crippen molar-refractivity contribution in [3.63, 3.8) is 0 Å². The molecule has 1 aromatic rings. The summed E-state index contributed by atoms with van der Waals surface area (Å²) in [5.74, 6) is 5.91. The zero-order valence-electron chi connectivity index (χ0n) is 7.24. The summed E-state index contributed by atoms with van der Waals surface area (Å²) in [6, 6.07) is 2.89. The van der Waals surface area contributed by atoms with Gasteiger partial charge in [0, 0.05) is 18.4 Å². The summed E-state index contributed by atoms with van der Waals surface area (Å²) < 4.78 is 0. The van der Waals surface area contributed by atoms with Gasteiger partial charge in [-0.05, 0) is 16.0 Å². The van der Waals surface area contributed by atoms with Crippen LogP contribution in [0.4, 0.5) is 5.82 Å². The summed E-state index contributed by atoms with van der Waals surface area (Å²) in [4.78, 5) is 13.3. The largest absolute Gasteiger partial charge is 0.363 e. The molecule has 0 fully saturated rings. The third kappa shape index (κ3) is 3.04. The van der Waals surface area contributed by atoms with Crippen LogP contribution >= 0.6 is 11.6 Å². The van der Waals surface area contributed by atoms with E-state index in [1.165, 1.54) is 12.3 Å². The lowest BCUT2D eigenvalue weighted by molar-refractivity contribution is -0.389. The first-order valence-electron chi connectivity index (χ1n) is 3.89. The molecule has 0 saturated heterocycles. The molecular formula is C9H7ClN2O2. The molecule has 4 nitrogen and oxygen atoms in total. The van der Waals surface area contributed by atoms with Gasteiger partial charge in [-0.3, -0.25) is 0 Å². The maximum Gasteiger partial charge on any atom is 0.363 e. The standard InChI is InChI=1S/C9H7ClN2O2/c10-6-2-1-3-8-4-5-9(11-7-8)12(13)14/h4-5,7H,2,6H2. The number of halogens is 1. The molecule has 0 aliphatic rings.